The van der Waals surface area contributed by atoms with E-state index < -0.39 is 18.5 Å². The van der Waals surface area contributed by atoms with E-state index >= 15 is 0 Å². The second-order valence-electron chi connectivity index (χ2n) is 3.38. The summed E-state index contributed by atoms with van der Waals surface area (Å²) >= 11 is 0. The predicted octanol–water partition coefficient (Wildman–Crippen LogP) is 1.87. The molecule has 1 aromatic carbocycles. The van der Waals surface area contributed by atoms with Crippen molar-refractivity contribution in [2.75, 3.05) is 13.7 Å². The molecule has 0 aliphatic heterocycles. The number of carbonyl (C=O) groups excluding carboxylic acids is 1. The number of ether oxygens (including phenoxy) is 1. The molecule has 0 atom stereocenters. The van der Waals surface area contributed by atoms with Gasteiger partial charge in [-0.15, -0.1) is 0 Å². The highest BCUT2D eigenvalue weighted by Crippen LogP contribution is 2.28. The van der Waals surface area contributed by atoms with E-state index in [1.807, 2.05) is 0 Å². The second kappa shape index (κ2) is 4.57. The molecule has 0 saturated carbocycles. The van der Waals surface area contributed by atoms with Crippen molar-refractivity contribution in [2.45, 2.75) is 12.8 Å². The maximum Gasteiger partial charge on any atom is 0.338 e. The lowest BCUT2D eigenvalue weighted by atomic mass is 10.0. The van der Waals surface area contributed by atoms with E-state index in [-0.39, 0.29) is 11.1 Å². The lowest BCUT2D eigenvalue weighted by Gasteiger charge is -2.15. The number of hydrogen-bond acceptors (Lipinski definition) is 3. The van der Waals surface area contributed by atoms with Gasteiger partial charge in [-0.3, -0.25) is 0 Å². The fourth-order valence-corrected chi connectivity index (χ4v) is 1.32. The van der Waals surface area contributed by atoms with Crippen molar-refractivity contribution in [1.29, 1.82) is 0 Å². The van der Waals surface area contributed by atoms with Crippen LogP contribution in [0.3, 0.4) is 0 Å². The topological polar surface area (TPSA) is 46.5 Å². The van der Waals surface area contributed by atoms with Crippen molar-refractivity contribution in [3.8, 4) is 0 Å². The number of hydrogen-bond donors (Lipinski definition) is 1. The van der Waals surface area contributed by atoms with Gasteiger partial charge < -0.3 is 9.84 Å². The van der Waals surface area contributed by atoms with Gasteiger partial charge >= 0.3 is 5.97 Å². The summed E-state index contributed by atoms with van der Waals surface area (Å²) in [6, 6.07) is 3.54. The van der Waals surface area contributed by atoms with Gasteiger partial charge in [0.25, 0.3) is 5.92 Å². The van der Waals surface area contributed by atoms with Crippen LogP contribution in [0.5, 0.6) is 0 Å². The first-order chi connectivity index (χ1) is 7.42. The number of esters is 1. The van der Waals surface area contributed by atoms with Crippen molar-refractivity contribution < 1.29 is 23.4 Å². The number of aryl methyl sites for hydroxylation is 1. The molecule has 1 aromatic rings. The predicted molar refractivity (Wildman–Crippen MR) is 53.5 cm³/mol. The number of alkyl halides is 2. The fraction of sp³-hybridized carbons (Fsp3) is 0.364. The first-order valence-electron chi connectivity index (χ1n) is 4.60. The van der Waals surface area contributed by atoms with Crippen LogP contribution in [-0.4, -0.2) is 24.8 Å². The van der Waals surface area contributed by atoms with E-state index in [4.69, 9.17) is 5.11 Å². The summed E-state index contributed by atoms with van der Waals surface area (Å²) in [5.41, 5.74) is 0.303. The molecule has 0 fully saturated rings. The Morgan fingerprint density at radius 1 is 1.50 bits per heavy atom. The lowest BCUT2D eigenvalue weighted by molar-refractivity contribution is -0.0556. The third-order valence-electron chi connectivity index (χ3n) is 2.25. The van der Waals surface area contributed by atoms with Crippen LogP contribution in [0, 0.1) is 6.92 Å². The number of methoxy groups -OCH3 is 1. The number of benzene rings is 1. The molecule has 0 aliphatic rings. The summed E-state index contributed by atoms with van der Waals surface area (Å²) in [5, 5.41) is 8.52. The minimum absolute atomic E-state index is 0.236. The van der Waals surface area contributed by atoms with Crippen molar-refractivity contribution >= 4 is 5.97 Å². The first kappa shape index (κ1) is 12.6. The highest BCUT2D eigenvalue weighted by atomic mass is 19.3. The molecular formula is C11H12F2O3. The monoisotopic (exact) mass is 230 g/mol. The van der Waals surface area contributed by atoms with E-state index in [1.165, 1.54) is 26.2 Å². The Morgan fingerprint density at radius 2 is 2.12 bits per heavy atom. The molecule has 88 valence electrons. The van der Waals surface area contributed by atoms with Gasteiger partial charge in [-0.1, -0.05) is 6.07 Å². The van der Waals surface area contributed by atoms with Crippen molar-refractivity contribution in [3.05, 3.63) is 34.9 Å². The zero-order chi connectivity index (χ0) is 12.3. The molecule has 5 heteroatoms. The summed E-state index contributed by atoms with van der Waals surface area (Å²) in [5.74, 6) is -3.87. The number of halogens is 2. The van der Waals surface area contributed by atoms with Crippen LogP contribution in [-0.2, 0) is 10.7 Å². The van der Waals surface area contributed by atoms with Gasteiger partial charge in [0, 0.05) is 5.56 Å². The van der Waals surface area contributed by atoms with E-state index in [0.29, 0.717) is 5.56 Å². The van der Waals surface area contributed by atoms with E-state index in [9.17, 15) is 13.6 Å². The Bertz CT molecular complexity index is 402. The maximum absolute atomic E-state index is 13.1. The maximum atomic E-state index is 13.1. The lowest BCUT2D eigenvalue weighted by Crippen LogP contribution is -2.19. The number of aliphatic hydroxyl groups is 1. The van der Waals surface area contributed by atoms with Gasteiger partial charge in [0.15, 0.2) is 0 Å². The molecule has 0 aromatic heterocycles. The van der Waals surface area contributed by atoms with Crippen LogP contribution in [0.25, 0.3) is 0 Å². The Labute approximate surface area is 91.7 Å². The Kier molecular flexibility index (Phi) is 3.59. The number of aliphatic hydroxyl groups excluding tert-OH is 1. The molecule has 0 spiro atoms. The molecule has 1 N–H and O–H groups in total. The molecule has 0 radical (unpaired) electrons. The molecule has 0 aliphatic carbocycles. The van der Waals surface area contributed by atoms with Crippen molar-refractivity contribution in [1.82, 2.24) is 0 Å². The normalized spacial score (nSPS) is 11.3. The van der Waals surface area contributed by atoms with Crippen LogP contribution in [0.1, 0.15) is 21.5 Å². The Balaban J connectivity index is 3.14. The molecule has 0 amide bonds. The minimum atomic E-state index is -3.29. The van der Waals surface area contributed by atoms with Gasteiger partial charge in [0.1, 0.15) is 6.61 Å². The largest absolute Gasteiger partial charge is 0.465 e. The number of carbonyl (C=O) groups is 1. The molecule has 0 bridgehead atoms. The third-order valence-corrected chi connectivity index (χ3v) is 2.25. The molecule has 0 saturated heterocycles. The standard InChI is InChI=1S/C11H12F2O3/c1-7-5-8(11(12,13)6-14)3-4-9(7)10(15)16-2/h3-5,14H,6H2,1-2H3. The highest BCUT2D eigenvalue weighted by Gasteiger charge is 2.31. The average molecular weight is 230 g/mol. The average Bonchev–Trinajstić information content (AvgIpc) is 2.28. The van der Waals surface area contributed by atoms with Crippen LogP contribution >= 0.6 is 0 Å². The molecular weight excluding hydrogens is 218 g/mol. The summed E-state index contributed by atoms with van der Waals surface area (Å²) in [7, 11) is 1.22. The van der Waals surface area contributed by atoms with E-state index in [0.717, 1.165) is 6.07 Å². The van der Waals surface area contributed by atoms with Crippen molar-refractivity contribution in [2.24, 2.45) is 0 Å². The molecule has 3 nitrogen and oxygen atoms in total. The van der Waals surface area contributed by atoms with Crippen LogP contribution in [0.4, 0.5) is 8.78 Å². The minimum Gasteiger partial charge on any atom is -0.465 e. The summed E-state index contributed by atoms with van der Waals surface area (Å²) < 4.78 is 30.7. The molecule has 0 heterocycles. The zero-order valence-corrected chi connectivity index (χ0v) is 8.96. The van der Waals surface area contributed by atoms with E-state index in [1.54, 1.807) is 0 Å². The Morgan fingerprint density at radius 3 is 2.56 bits per heavy atom. The summed E-state index contributed by atoms with van der Waals surface area (Å²) in [6.07, 6.45) is 0. The van der Waals surface area contributed by atoms with Gasteiger partial charge in [0.2, 0.25) is 0 Å². The van der Waals surface area contributed by atoms with Crippen LogP contribution < -0.4 is 0 Å². The molecule has 16 heavy (non-hydrogen) atoms. The van der Waals surface area contributed by atoms with Crippen molar-refractivity contribution in [3.63, 3.8) is 0 Å². The second-order valence-corrected chi connectivity index (χ2v) is 3.38. The first-order valence-corrected chi connectivity index (χ1v) is 4.60. The van der Waals surface area contributed by atoms with Gasteiger partial charge in [-0.2, -0.15) is 8.78 Å². The highest BCUT2D eigenvalue weighted by molar-refractivity contribution is 5.91. The quantitative estimate of drug-likeness (QED) is 0.806. The summed E-state index contributed by atoms with van der Waals surface area (Å²) in [6.45, 7) is 0.271. The SMILES string of the molecule is COC(=O)c1ccc(C(F)(F)CO)cc1C. The van der Waals surface area contributed by atoms with Crippen LogP contribution in [0.15, 0.2) is 18.2 Å². The van der Waals surface area contributed by atoms with Gasteiger partial charge in [0.05, 0.1) is 12.7 Å². The number of rotatable bonds is 3. The zero-order valence-electron chi connectivity index (χ0n) is 8.96. The smallest absolute Gasteiger partial charge is 0.338 e. The Hall–Kier alpha value is -1.49. The van der Waals surface area contributed by atoms with Gasteiger partial charge in [-0.25, -0.2) is 4.79 Å². The summed E-state index contributed by atoms with van der Waals surface area (Å²) in [4.78, 5) is 11.2. The third kappa shape index (κ3) is 2.36. The molecule has 1 rings (SSSR count). The fourth-order valence-electron chi connectivity index (χ4n) is 1.32. The molecule has 0 unspecified atom stereocenters. The van der Waals surface area contributed by atoms with E-state index in [2.05, 4.69) is 4.74 Å². The van der Waals surface area contributed by atoms with Crippen LogP contribution in [0.2, 0.25) is 0 Å². The van der Waals surface area contributed by atoms with Gasteiger partial charge in [-0.05, 0) is 24.6 Å².